The summed E-state index contributed by atoms with van der Waals surface area (Å²) in [6, 6.07) is 14.4. The molecule has 3 rings (SSSR count). The maximum Gasteiger partial charge on any atom is 0.127 e. The van der Waals surface area contributed by atoms with Gasteiger partial charge in [-0.2, -0.15) is 0 Å². The van der Waals surface area contributed by atoms with E-state index in [9.17, 15) is 5.11 Å². The molecule has 1 saturated heterocycles. The molecular weight excluding hydrogens is 300 g/mol. The summed E-state index contributed by atoms with van der Waals surface area (Å²) >= 11 is 0. The molecule has 0 radical (unpaired) electrons. The van der Waals surface area contributed by atoms with Gasteiger partial charge in [-0.1, -0.05) is 29.8 Å². The number of phenols is 1. The van der Waals surface area contributed by atoms with Gasteiger partial charge < -0.3 is 19.6 Å². The van der Waals surface area contributed by atoms with Gasteiger partial charge in [0.15, 0.2) is 0 Å². The molecule has 1 heterocycles. The van der Waals surface area contributed by atoms with Crippen LogP contribution < -0.4 is 14.5 Å². The van der Waals surface area contributed by atoms with Crippen LogP contribution in [0.5, 0.6) is 11.5 Å². The highest BCUT2D eigenvalue weighted by Gasteiger charge is 2.24. The van der Waals surface area contributed by atoms with Crippen molar-refractivity contribution in [3.63, 3.8) is 0 Å². The molecule has 0 spiro atoms. The topological polar surface area (TPSA) is 38.3 Å². The molecule has 0 amide bonds. The number of nitrogens with one attached hydrogen (secondary N) is 2. The highest BCUT2D eigenvalue weighted by Crippen LogP contribution is 2.21. The lowest BCUT2D eigenvalue weighted by Crippen LogP contribution is -3.27. The van der Waals surface area contributed by atoms with E-state index in [2.05, 4.69) is 31.2 Å². The van der Waals surface area contributed by atoms with Crippen molar-refractivity contribution >= 4 is 0 Å². The van der Waals surface area contributed by atoms with Gasteiger partial charge in [-0.15, -0.1) is 0 Å². The Hall–Kier alpha value is -2.04. The zero-order valence-corrected chi connectivity index (χ0v) is 14.6. The number of hydrogen-bond acceptors (Lipinski definition) is 2. The molecule has 1 aliphatic heterocycles. The molecule has 2 aromatic rings. The Morgan fingerprint density at radius 1 is 0.917 bits per heavy atom. The lowest BCUT2D eigenvalue weighted by Gasteiger charge is -2.30. The quantitative estimate of drug-likeness (QED) is 0.733. The first-order valence-corrected chi connectivity index (χ1v) is 8.72. The van der Waals surface area contributed by atoms with E-state index in [1.165, 1.54) is 29.1 Å². The molecule has 0 atom stereocenters. The summed E-state index contributed by atoms with van der Waals surface area (Å²) in [5.74, 6) is 1.18. The fourth-order valence-corrected chi connectivity index (χ4v) is 3.41. The average molecular weight is 328 g/mol. The van der Waals surface area contributed by atoms with Crippen molar-refractivity contribution in [3.8, 4) is 11.5 Å². The zero-order valence-electron chi connectivity index (χ0n) is 14.6. The minimum Gasteiger partial charge on any atom is -0.507 e. The maximum absolute atomic E-state index is 10.1. The molecule has 4 heteroatoms. The van der Waals surface area contributed by atoms with Gasteiger partial charge in [-0.25, -0.2) is 0 Å². The SMILES string of the molecule is COc1ccc(O)c(C[NH+]2CC[NH+](Cc3ccc(C)cc3)CC2)c1. The number of hydrogen-bond donors (Lipinski definition) is 3. The normalized spacial score (nSPS) is 20.8. The zero-order chi connectivity index (χ0) is 16.9. The number of phenolic OH excluding ortho intramolecular Hbond substituents is 1. The second-order valence-corrected chi connectivity index (χ2v) is 6.83. The van der Waals surface area contributed by atoms with E-state index in [0.717, 1.165) is 37.5 Å². The molecule has 0 bridgehead atoms. The van der Waals surface area contributed by atoms with Gasteiger partial charge in [-0.3, -0.25) is 0 Å². The van der Waals surface area contributed by atoms with E-state index in [1.54, 1.807) is 24.1 Å². The van der Waals surface area contributed by atoms with E-state index >= 15 is 0 Å². The van der Waals surface area contributed by atoms with E-state index in [0.29, 0.717) is 5.75 Å². The number of ether oxygens (including phenoxy) is 1. The van der Waals surface area contributed by atoms with Crippen LogP contribution in [0.3, 0.4) is 0 Å². The molecular formula is C20H28N2O2+2. The molecule has 24 heavy (non-hydrogen) atoms. The number of benzene rings is 2. The average Bonchev–Trinajstić information content (AvgIpc) is 2.60. The van der Waals surface area contributed by atoms with Crippen molar-refractivity contribution < 1.29 is 19.6 Å². The Morgan fingerprint density at radius 3 is 2.17 bits per heavy atom. The lowest BCUT2D eigenvalue weighted by atomic mass is 10.1. The third-order valence-electron chi connectivity index (χ3n) is 4.97. The van der Waals surface area contributed by atoms with Gasteiger partial charge in [0, 0.05) is 5.56 Å². The number of methoxy groups -OCH3 is 1. The molecule has 1 fully saturated rings. The maximum atomic E-state index is 10.1. The number of aromatic hydroxyl groups is 1. The Labute approximate surface area is 144 Å². The third-order valence-corrected chi connectivity index (χ3v) is 4.97. The van der Waals surface area contributed by atoms with Crippen LogP contribution in [0.4, 0.5) is 0 Å². The van der Waals surface area contributed by atoms with Crippen molar-refractivity contribution in [3.05, 3.63) is 59.2 Å². The molecule has 0 aromatic heterocycles. The van der Waals surface area contributed by atoms with Crippen LogP contribution in [0.2, 0.25) is 0 Å². The Bertz CT molecular complexity index is 662. The first-order valence-electron chi connectivity index (χ1n) is 8.72. The third kappa shape index (κ3) is 4.28. The van der Waals surface area contributed by atoms with Gasteiger partial charge in [0.05, 0.1) is 12.7 Å². The van der Waals surface area contributed by atoms with Crippen LogP contribution in [0.15, 0.2) is 42.5 Å². The largest absolute Gasteiger partial charge is 0.507 e. The van der Waals surface area contributed by atoms with Crippen LogP contribution >= 0.6 is 0 Å². The monoisotopic (exact) mass is 328 g/mol. The molecule has 0 aliphatic carbocycles. The van der Waals surface area contributed by atoms with E-state index in [4.69, 9.17) is 4.74 Å². The number of quaternary nitrogens is 2. The van der Waals surface area contributed by atoms with Gasteiger partial charge in [0.1, 0.15) is 50.8 Å². The van der Waals surface area contributed by atoms with Crippen LogP contribution in [-0.2, 0) is 13.1 Å². The van der Waals surface area contributed by atoms with Crippen LogP contribution in [0.1, 0.15) is 16.7 Å². The van der Waals surface area contributed by atoms with Gasteiger partial charge >= 0.3 is 0 Å². The van der Waals surface area contributed by atoms with Crippen LogP contribution in [0, 0.1) is 6.92 Å². The predicted molar refractivity (Wildman–Crippen MR) is 94.6 cm³/mol. The van der Waals surface area contributed by atoms with Crippen molar-refractivity contribution in [2.45, 2.75) is 20.0 Å². The Kier molecular flexibility index (Phi) is 5.38. The van der Waals surface area contributed by atoms with Crippen LogP contribution in [0.25, 0.3) is 0 Å². The van der Waals surface area contributed by atoms with E-state index in [-0.39, 0.29) is 0 Å². The van der Waals surface area contributed by atoms with Gasteiger partial charge in [0.25, 0.3) is 0 Å². The molecule has 3 N–H and O–H groups in total. The minimum absolute atomic E-state index is 0.373. The summed E-state index contributed by atoms with van der Waals surface area (Å²) in [6.07, 6.45) is 0. The standard InChI is InChI=1S/C20H26N2O2/c1-16-3-5-17(6-4-16)14-21-9-11-22(12-10-21)15-18-13-19(24-2)7-8-20(18)23/h3-8,13,23H,9-12,14-15H2,1-2H3/p+2. The van der Waals surface area contributed by atoms with Crippen LogP contribution in [-0.4, -0.2) is 38.4 Å². The van der Waals surface area contributed by atoms with Crippen molar-refractivity contribution in [1.29, 1.82) is 0 Å². The number of piperazine rings is 1. The highest BCUT2D eigenvalue weighted by atomic mass is 16.5. The minimum atomic E-state index is 0.373. The predicted octanol–water partition coefficient (Wildman–Crippen LogP) is 0.193. The number of rotatable bonds is 5. The van der Waals surface area contributed by atoms with Crippen molar-refractivity contribution in [2.75, 3.05) is 33.3 Å². The van der Waals surface area contributed by atoms with E-state index in [1.807, 2.05) is 6.07 Å². The molecule has 2 aromatic carbocycles. The molecule has 1 aliphatic rings. The summed E-state index contributed by atoms with van der Waals surface area (Å²) in [5.41, 5.74) is 3.72. The van der Waals surface area contributed by atoms with Crippen molar-refractivity contribution in [2.24, 2.45) is 0 Å². The second-order valence-electron chi connectivity index (χ2n) is 6.83. The van der Waals surface area contributed by atoms with Gasteiger partial charge in [0.2, 0.25) is 0 Å². The highest BCUT2D eigenvalue weighted by molar-refractivity contribution is 5.38. The fraction of sp³-hybridized carbons (Fsp3) is 0.400. The smallest absolute Gasteiger partial charge is 0.127 e. The van der Waals surface area contributed by atoms with Crippen molar-refractivity contribution in [1.82, 2.24) is 0 Å². The molecule has 0 saturated carbocycles. The Balaban J connectivity index is 1.52. The first-order chi connectivity index (χ1) is 11.6. The summed E-state index contributed by atoms with van der Waals surface area (Å²) in [7, 11) is 1.66. The summed E-state index contributed by atoms with van der Waals surface area (Å²) in [5, 5.41) is 10.1. The molecule has 4 nitrogen and oxygen atoms in total. The summed E-state index contributed by atoms with van der Waals surface area (Å²) in [4.78, 5) is 3.18. The van der Waals surface area contributed by atoms with Gasteiger partial charge in [-0.05, 0) is 25.1 Å². The summed E-state index contributed by atoms with van der Waals surface area (Å²) < 4.78 is 5.27. The van der Waals surface area contributed by atoms with E-state index < -0.39 is 0 Å². The second kappa shape index (κ2) is 7.69. The molecule has 128 valence electrons. The Morgan fingerprint density at radius 2 is 1.54 bits per heavy atom. The first kappa shape index (κ1) is 16.8. The lowest BCUT2D eigenvalue weighted by molar-refractivity contribution is -1.02. The summed E-state index contributed by atoms with van der Waals surface area (Å²) in [6.45, 7) is 8.73. The fourth-order valence-electron chi connectivity index (χ4n) is 3.41. The number of aryl methyl sites for hydroxylation is 1. The molecule has 0 unspecified atom stereocenters.